The second-order valence-corrected chi connectivity index (χ2v) is 6.56. The third-order valence-electron chi connectivity index (χ3n) is 2.56. The Morgan fingerprint density at radius 2 is 2.10 bits per heavy atom. The SMILES string of the molecule is C=C(Cl)/C=N\C(=C\S(=O)(=O)N(C)C[C@H](CC)OC)OCC. The molecule has 0 aromatic rings. The van der Waals surface area contributed by atoms with Gasteiger partial charge in [-0.05, 0) is 13.3 Å². The summed E-state index contributed by atoms with van der Waals surface area (Å²) in [5, 5.41) is 1.13. The van der Waals surface area contributed by atoms with E-state index in [1.807, 2.05) is 6.92 Å². The third-order valence-corrected chi connectivity index (χ3v) is 4.17. The first-order valence-electron chi connectivity index (χ1n) is 6.48. The van der Waals surface area contributed by atoms with Crippen molar-refractivity contribution >= 4 is 27.8 Å². The van der Waals surface area contributed by atoms with E-state index in [2.05, 4.69) is 11.6 Å². The van der Waals surface area contributed by atoms with E-state index < -0.39 is 10.0 Å². The van der Waals surface area contributed by atoms with Crippen LogP contribution in [0.4, 0.5) is 0 Å². The van der Waals surface area contributed by atoms with Gasteiger partial charge in [-0.2, -0.15) is 4.31 Å². The molecule has 0 N–H and O–H groups in total. The van der Waals surface area contributed by atoms with Crippen molar-refractivity contribution in [1.82, 2.24) is 4.31 Å². The van der Waals surface area contributed by atoms with Gasteiger partial charge in [0.15, 0.2) is 0 Å². The fourth-order valence-corrected chi connectivity index (χ4v) is 2.35. The Kier molecular flexibility index (Phi) is 9.52. The normalized spacial score (nSPS) is 14.7. The first-order chi connectivity index (χ1) is 9.76. The Morgan fingerprint density at radius 3 is 2.52 bits per heavy atom. The lowest BCUT2D eigenvalue weighted by atomic mass is 10.3. The van der Waals surface area contributed by atoms with Crippen LogP contribution < -0.4 is 0 Å². The fraction of sp³-hybridized carbons (Fsp3) is 0.615. The molecule has 1 atom stereocenters. The number of sulfonamides is 1. The summed E-state index contributed by atoms with van der Waals surface area (Å²) in [6, 6.07) is 0. The minimum atomic E-state index is -3.67. The highest BCUT2D eigenvalue weighted by Crippen LogP contribution is 2.10. The van der Waals surface area contributed by atoms with E-state index >= 15 is 0 Å². The zero-order valence-electron chi connectivity index (χ0n) is 12.9. The molecular weight excluding hydrogens is 316 g/mol. The van der Waals surface area contributed by atoms with E-state index in [-0.39, 0.29) is 30.2 Å². The van der Waals surface area contributed by atoms with Crippen LogP contribution in [0.1, 0.15) is 20.3 Å². The van der Waals surface area contributed by atoms with Crippen LogP contribution in [-0.4, -0.2) is 52.4 Å². The number of methoxy groups -OCH3 is 1. The average molecular weight is 339 g/mol. The number of rotatable bonds is 10. The molecule has 8 heteroatoms. The van der Waals surface area contributed by atoms with E-state index in [9.17, 15) is 8.42 Å². The molecule has 21 heavy (non-hydrogen) atoms. The highest BCUT2D eigenvalue weighted by molar-refractivity contribution is 7.92. The van der Waals surface area contributed by atoms with E-state index in [1.54, 1.807) is 14.0 Å². The fourth-order valence-electron chi connectivity index (χ4n) is 1.36. The van der Waals surface area contributed by atoms with Gasteiger partial charge in [0.25, 0.3) is 0 Å². The van der Waals surface area contributed by atoms with Crippen LogP contribution in [0.25, 0.3) is 0 Å². The Morgan fingerprint density at radius 1 is 1.48 bits per heavy atom. The molecule has 6 nitrogen and oxygen atoms in total. The monoisotopic (exact) mass is 338 g/mol. The standard InChI is InChI=1S/C13H23ClN2O4S/c1-6-12(19-5)9-16(4)21(17,18)10-13(20-7-2)15-8-11(3)14/h8,10,12H,3,6-7,9H2,1-2,4-5H3/b13-10-,15-8-/t12-/m0/s1. The molecule has 0 bridgehead atoms. The Bertz CT molecular complexity index is 484. The molecule has 0 spiro atoms. The van der Waals surface area contributed by atoms with E-state index in [0.717, 1.165) is 5.41 Å². The van der Waals surface area contributed by atoms with Gasteiger partial charge in [0.1, 0.15) is 5.41 Å². The van der Waals surface area contributed by atoms with Gasteiger partial charge in [0.05, 0.1) is 17.7 Å². The summed E-state index contributed by atoms with van der Waals surface area (Å²) in [6.07, 6.45) is 1.77. The van der Waals surface area contributed by atoms with Crippen molar-refractivity contribution in [3.8, 4) is 0 Å². The second-order valence-electron chi connectivity index (χ2n) is 4.19. The molecule has 0 saturated heterocycles. The summed E-state index contributed by atoms with van der Waals surface area (Å²) in [6.45, 7) is 7.62. The maximum absolute atomic E-state index is 12.2. The van der Waals surface area contributed by atoms with Crippen molar-refractivity contribution in [2.45, 2.75) is 26.4 Å². The van der Waals surface area contributed by atoms with Gasteiger partial charge < -0.3 is 9.47 Å². The highest BCUT2D eigenvalue weighted by atomic mass is 35.5. The third kappa shape index (κ3) is 8.21. The molecule has 122 valence electrons. The second kappa shape index (κ2) is 9.94. The van der Waals surface area contributed by atoms with Crippen molar-refractivity contribution in [3.63, 3.8) is 0 Å². The lowest BCUT2D eigenvalue weighted by molar-refractivity contribution is 0.0862. The molecule has 0 radical (unpaired) electrons. The summed E-state index contributed by atoms with van der Waals surface area (Å²) in [5.41, 5.74) is 0. The van der Waals surface area contributed by atoms with Gasteiger partial charge in [-0.25, -0.2) is 13.4 Å². The van der Waals surface area contributed by atoms with Crippen molar-refractivity contribution in [3.05, 3.63) is 22.9 Å². The first-order valence-corrected chi connectivity index (χ1v) is 8.37. The number of hydrogen-bond acceptors (Lipinski definition) is 5. The van der Waals surface area contributed by atoms with E-state index in [0.29, 0.717) is 6.42 Å². The molecule has 0 unspecified atom stereocenters. The number of halogens is 1. The molecule has 0 aromatic heterocycles. The van der Waals surface area contributed by atoms with Crippen molar-refractivity contribution in [2.24, 2.45) is 4.99 Å². The summed E-state index contributed by atoms with van der Waals surface area (Å²) in [4.78, 5) is 3.85. The number of aliphatic imine (C=N–C) groups is 1. The van der Waals surface area contributed by atoms with Crippen molar-refractivity contribution in [2.75, 3.05) is 27.3 Å². The number of hydrogen-bond donors (Lipinski definition) is 0. The van der Waals surface area contributed by atoms with E-state index in [4.69, 9.17) is 21.1 Å². The Labute approximate surface area is 132 Å². The van der Waals surface area contributed by atoms with Gasteiger partial charge in [-0.1, -0.05) is 25.1 Å². The zero-order valence-corrected chi connectivity index (χ0v) is 14.4. The van der Waals surface area contributed by atoms with Gasteiger partial charge in [0, 0.05) is 26.9 Å². The molecular formula is C13H23ClN2O4S. The molecule has 0 rings (SSSR count). The molecule has 0 aliphatic heterocycles. The summed E-state index contributed by atoms with van der Waals surface area (Å²) < 4.78 is 36.0. The van der Waals surface area contributed by atoms with Crippen LogP contribution in [0.2, 0.25) is 0 Å². The number of allylic oxidation sites excluding steroid dienone is 1. The number of ether oxygens (including phenoxy) is 2. The van der Waals surface area contributed by atoms with Gasteiger partial charge in [0.2, 0.25) is 15.9 Å². The lowest BCUT2D eigenvalue weighted by Gasteiger charge is -2.20. The lowest BCUT2D eigenvalue weighted by Crippen LogP contribution is -2.34. The summed E-state index contributed by atoms with van der Waals surface area (Å²) >= 11 is 5.56. The molecule has 0 amide bonds. The van der Waals surface area contributed by atoms with Gasteiger partial charge >= 0.3 is 0 Å². The maximum Gasteiger partial charge on any atom is 0.241 e. The summed E-state index contributed by atoms with van der Waals surface area (Å²) in [5.74, 6) is -0.0448. The Balaban J connectivity index is 5.16. The molecule has 0 heterocycles. The van der Waals surface area contributed by atoms with Crippen LogP contribution in [0.5, 0.6) is 0 Å². The first kappa shape index (κ1) is 20.1. The van der Waals surface area contributed by atoms with Gasteiger partial charge in [-0.3, -0.25) is 0 Å². The molecule has 0 aliphatic rings. The zero-order chi connectivity index (χ0) is 16.5. The Hall–Kier alpha value is -0.890. The molecule has 0 aliphatic carbocycles. The smallest absolute Gasteiger partial charge is 0.241 e. The number of nitrogens with zero attached hydrogens (tertiary/aromatic N) is 2. The minimum Gasteiger partial charge on any atom is -0.477 e. The highest BCUT2D eigenvalue weighted by Gasteiger charge is 2.20. The van der Waals surface area contributed by atoms with Crippen LogP contribution in [0.15, 0.2) is 27.9 Å². The minimum absolute atomic E-state index is 0.0448. The van der Waals surface area contributed by atoms with Crippen LogP contribution in [-0.2, 0) is 19.5 Å². The molecule has 0 saturated carbocycles. The largest absolute Gasteiger partial charge is 0.477 e. The van der Waals surface area contributed by atoms with Crippen LogP contribution >= 0.6 is 11.6 Å². The molecule has 0 fully saturated rings. The van der Waals surface area contributed by atoms with Crippen molar-refractivity contribution in [1.29, 1.82) is 0 Å². The van der Waals surface area contributed by atoms with Crippen LogP contribution in [0, 0.1) is 0 Å². The van der Waals surface area contributed by atoms with Crippen LogP contribution in [0.3, 0.4) is 0 Å². The van der Waals surface area contributed by atoms with Crippen molar-refractivity contribution < 1.29 is 17.9 Å². The predicted octanol–water partition coefficient (Wildman–Crippen LogP) is 2.33. The quantitative estimate of drug-likeness (QED) is 0.453. The van der Waals surface area contributed by atoms with Gasteiger partial charge in [-0.15, -0.1) is 0 Å². The predicted molar refractivity (Wildman–Crippen MR) is 85.8 cm³/mol. The molecule has 0 aromatic carbocycles. The topological polar surface area (TPSA) is 68.2 Å². The number of likely N-dealkylation sites (N-methyl/N-ethyl adjacent to an activating group) is 1. The van der Waals surface area contributed by atoms with E-state index in [1.165, 1.54) is 17.6 Å². The summed E-state index contributed by atoms with van der Waals surface area (Å²) in [7, 11) is -0.643. The average Bonchev–Trinajstić information content (AvgIpc) is 2.41. The maximum atomic E-state index is 12.2.